The van der Waals surface area contributed by atoms with Crippen LogP contribution in [0.25, 0.3) is 0 Å². The van der Waals surface area contributed by atoms with Crippen LogP contribution >= 0.6 is 0 Å². The van der Waals surface area contributed by atoms with Gasteiger partial charge in [-0.3, -0.25) is 14.7 Å². The summed E-state index contributed by atoms with van der Waals surface area (Å²) in [6.07, 6.45) is 3.00. The maximum absolute atomic E-state index is 13.0. The smallest absolute Gasteiger partial charge is 0.230 e. The Morgan fingerprint density at radius 3 is 2.80 bits per heavy atom. The number of H-pyrrole nitrogens is 1. The Balaban J connectivity index is 1.66. The summed E-state index contributed by atoms with van der Waals surface area (Å²) >= 11 is 0. The number of carbonyl (C=O) groups excluding carboxylic acids is 2. The highest BCUT2D eigenvalue weighted by Crippen LogP contribution is 2.40. The van der Waals surface area contributed by atoms with E-state index in [0.717, 1.165) is 42.8 Å². The third-order valence-corrected chi connectivity index (χ3v) is 5.70. The lowest BCUT2D eigenvalue weighted by Gasteiger charge is -2.39. The third kappa shape index (κ3) is 3.42. The first-order chi connectivity index (χ1) is 12.0. The van der Waals surface area contributed by atoms with Crippen LogP contribution in [0.4, 0.5) is 0 Å². The summed E-state index contributed by atoms with van der Waals surface area (Å²) in [6, 6.07) is 0. The van der Waals surface area contributed by atoms with Gasteiger partial charge in [-0.15, -0.1) is 0 Å². The molecule has 7 heteroatoms. The molecule has 3 heterocycles. The van der Waals surface area contributed by atoms with Gasteiger partial charge >= 0.3 is 0 Å². The summed E-state index contributed by atoms with van der Waals surface area (Å²) in [5.41, 5.74) is 2.41. The van der Waals surface area contributed by atoms with E-state index in [1.807, 2.05) is 23.6 Å². The zero-order valence-electron chi connectivity index (χ0n) is 15.4. The Morgan fingerprint density at radius 1 is 1.32 bits per heavy atom. The number of hydrogen-bond acceptors (Lipinski definition) is 4. The van der Waals surface area contributed by atoms with Gasteiger partial charge in [0.15, 0.2) is 0 Å². The van der Waals surface area contributed by atoms with E-state index in [0.29, 0.717) is 32.7 Å². The number of methoxy groups -OCH3 is 1. The summed E-state index contributed by atoms with van der Waals surface area (Å²) in [5.74, 6) is 0.285. The predicted octanol–water partition coefficient (Wildman–Crippen LogP) is 1.06. The number of ether oxygens (including phenoxy) is 1. The number of carbonyl (C=O) groups is 2. The monoisotopic (exact) mass is 348 g/mol. The van der Waals surface area contributed by atoms with Crippen LogP contribution in [0.2, 0.25) is 0 Å². The van der Waals surface area contributed by atoms with Crippen LogP contribution in [0.5, 0.6) is 0 Å². The molecule has 2 amide bonds. The second kappa shape index (κ2) is 7.15. The molecule has 1 spiro atoms. The maximum atomic E-state index is 13.0. The van der Waals surface area contributed by atoms with Crippen molar-refractivity contribution in [3.8, 4) is 0 Å². The fourth-order valence-electron chi connectivity index (χ4n) is 4.13. The summed E-state index contributed by atoms with van der Waals surface area (Å²) in [7, 11) is 1.65. The normalized spacial score (nSPS) is 23.7. The highest BCUT2D eigenvalue weighted by atomic mass is 16.5. The molecule has 1 N–H and O–H groups in total. The Kier molecular flexibility index (Phi) is 5.13. The molecular weight excluding hydrogens is 320 g/mol. The molecule has 2 saturated heterocycles. The third-order valence-electron chi connectivity index (χ3n) is 5.70. The first-order valence-corrected chi connectivity index (χ1v) is 9.03. The molecule has 138 valence electrons. The van der Waals surface area contributed by atoms with Gasteiger partial charge in [-0.25, -0.2) is 0 Å². The number of aromatic nitrogens is 2. The van der Waals surface area contributed by atoms with Gasteiger partial charge in [0.05, 0.1) is 24.1 Å². The maximum Gasteiger partial charge on any atom is 0.230 e. The molecule has 0 aliphatic carbocycles. The van der Waals surface area contributed by atoms with Gasteiger partial charge in [-0.1, -0.05) is 0 Å². The zero-order valence-corrected chi connectivity index (χ0v) is 15.4. The number of rotatable bonds is 5. The fourth-order valence-corrected chi connectivity index (χ4v) is 4.13. The SMILES string of the molecule is COCCN1CCCC2(CCN(C(=O)Cc3c(C)n[nH]c3C)C2)C1=O. The number of nitrogens with one attached hydrogen (secondary N) is 1. The van der Waals surface area contributed by atoms with E-state index in [-0.39, 0.29) is 17.2 Å². The van der Waals surface area contributed by atoms with Gasteiger partial charge < -0.3 is 14.5 Å². The first-order valence-electron chi connectivity index (χ1n) is 9.03. The van der Waals surface area contributed by atoms with Gasteiger partial charge in [0.25, 0.3) is 0 Å². The summed E-state index contributed by atoms with van der Waals surface area (Å²) < 4.78 is 5.12. The van der Waals surface area contributed by atoms with E-state index in [9.17, 15) is 9.59 Å². The summed E-state index contributed by atoms with van der Waals surface area (Å²) in [6.45, 7) is 7.05. The van der Waals surface area contributed by atoms with Crippen LogP contribution in [0, 0.1) is 19.3 Å². The molecular formula is C18H28N4O3. The molecule has 1 aromatic heterocycles. The minimum atomic E-state index is -0.387. The number of aryl methyl sites for hydroxylation is 2. The number of likely N-dealkylation sites (tertiary alicyclic amines) is 2. The molecule has 25 heavy (non-hydrogen) atoms. The van der Waals surface area contributed by atoms with Crippen molar-refractivity contribution in [1.82, 2.24) is 20.0 Å². The molecule has 0 saturated carbocycles. The molecule has 0 radical (unpaired) electrons. The first kappa shape index (κ1) is 17.9. The minimum Gasteiger partial charge on any atom is -0.383 e. The van der Waals surface area contributed by atoms with Crippen molar-refractivity contribution in [3.05, 3.63) is 17.0 Å². The van der Waals surface area contributed by atoms with E-state index in [1.165, 1.54) is 0 Å². The van der Waals surface area contributed by atoms with Crippen LogP contribution in [0.15, 0.2) is 0 Å². The van der Waals surface area contributed by atoms with Crippen molar-refractivity contribution in [2.75, 3.05) is 39.9 Å². The molecule has 0 aromatic carbocycles. The van der Waals surface area contributed by atoms with E-state index < -0.39 is 0 Å². The number of aromatic amines is 1. The Morgan fingerprint density at radius 2 is 2.12 bits per heavy atom. The van der Waals surface area contributed by atoms with Crippen LogP contribution in [-0.4, -0.2) is 71.7 Å². The molecule has 7 nitrogen and oxygen atoms in total. The second-order valence-electron chi connectivity index (χ2n) is 7.32. The molecule has 0 bridgehead atoms. The van der Waals surface area contributed by atoms with Crippen molar-refractivity contribution >= 4 is 11.8 Å². The lowest BCUT2D eigenvalue weighted by molar-refractivity contribution is -0.146. The van der Waals surface area contributed by atoms with Crippen LogP contribution < -0.4 is 0 Å². The van der Waals surface area contributed by atoms with Crippen molar-refractivity contribution in [3.63, 3.8) is 0 Å². The Hall–Kier alpha value is -1.89. The molecule has 2 fully saturated rings. The fraction of sp³-hybridized carbons (Fsp3) is 0.722. The number of piperidine rings is 1. The molecule has 1 atom stereocenters. The lowest BCUT2D eigenvalue weighted by atomic mass is 9.78. The number of amides is 2. The van der Waals surface area contributed by atoms with Crippen molar-refractivity contribution in [2.45, 2.75) is 39.5 Å². The van der Waals surface area contributed by atoms with Gasteiger partial charge in [0.1, 0.15) is 0 Å². The van der Waals surface area contributed by atoms with E-state index in [4.69, 9.17) is 4.74 Å². The van der Waals surface area contributed by atoms with Crippen molar-refractivity contribution in [1.29, 1.82) is 0 Å². The number of hydrogen-bond donors (Lipinski definition) is 1. The minimum absolute atomic E-state index is 0.0892. The quantitative estimate of drug-likeness (QED) is 0.863. The summed E-state index contributed by atoms with van der Waals surface area (Å²) in [5, 5.41) is 7.09. The standard InChI is InChI=1S/C18H28N4O3/c1-13-15(14(2)20-19-13)11-16(23)22-8-6-18(12-22)5-4-7-21(17(18)24)9-10-25-3/h4-12H2,1-3H3,(H,19,20). The lowest BCUT2D eigenvalue weighted by Crippen LogP contribution is -2.51. The molecule has 1 unspecified atom stereocenters. The highest BCUT2D eigenvalue weighted by molar-refractivity contribution is 5.86. The van der Waals surface area contributed by atoms with E-state index >= 15 is 0 Å². The van der Waals surface area contributed by atoms with Gasteiger partial charge in [0.2, 0.25) is 11.8 Å². The molecule has 3 rings (SSSR count). The van der Waals surface area contributed by atoms with E-state index in [2.05, 4.69) is 10.2 Å². The average molecular weight is 348 g/mol. The number of nitrogens with zero attached hydrogens (tertiary/aromatic N) is 3. The highest BCUT2D eigenvalue weighted by Gasteiger charge is 2.49. The van der Waals surface area contributed by atoms with Crippen LogP contribution in [-0.2, 0) is 20.7 Å². The van der Waals surface area contributed by atoms with Crippen molar-refractivity contribution in [2.24, 2.45) is 5.41 Å². The van der Waals surface area contributed by atoms with Gasteiger partial charge in [0, 0.05) is 44.5 Å². The van der Waals surface area contributed by atoms with Gasteiger partial charge in [-0.2, -0.15) is 5.10 Å². The molecule has 1 aromatic rings. The second-order valence-corrected chi connectivity index (χ2v) is 7.32. The average Bonchev–Trinajstić information content (AvgIpc) is 3.16. The Bertz CT molecular complexity index is 637. The topological polar surface area (TPSA) is 78.5 Å². The van der Waals surface area contributed by atoms with Crippen LogP contribution in [0.1, 0.15) is 36.2 Å². The predicted molar refractivity (Wildman–Crippen MR) is 93.1 cm³/mol. The van der Waals surface area contributed by atoms with Gasteiger partial charge in [-0.05, 0) is 33.1 Å². The Labute approximate surface area is 148 Å². The molecule has 2 aliphatic heterocycles. The van der Waals surface area contributed by atoms with E-state index in [1.54, 1.807) is 7.11 Å². The largest absolute Gasteiger partial charge is 0.383 e. The van der Waals surface area contributed by atoms with Crippen LogP contribution in [0.3, 0.4) is 0 Å². The zero-order chi connectivity index (χ0) is 18.0. The molecule has 2 aliphatic rings. The van der Waals surface area contributed by atoms with Crippen molar-refractivity contribution < 1.29 is 14.3 Å². The summed E-state index contributed by atoms with van der Waals surface area (Å²) in [4.78, 5) is 29.5.